The topological polar surface area (TPSA) is 58.9 Å². The van der Waals surface area contributed by atoms with E-state index >= 15 is 0 Å². The Kier molecular flexibility index (Phi) is 5.42. The predicted molar refractivity (Wildman–Crippen MR) is 36.1 cm³/mol. The Labute approximate surface area is 59.5 Å². The van der Waals surface area contributed by atoms with E-state index in [4.69, 9.17) is 5.21 Å². The molecular weight excluding hydrogens is 134 g/mol. The highest BCUT2D eigenvalue weighted by atomic mass is 16.5. The summed E-state index contributed by atoms with van der Waals surface area (Å²) in [6, 6.07) is 0. The monoisotopic (exact) mass is 145 g/mol. The Morgan fingerprint density at radius 1 is 1.80 bits per heavy atom. The number of hydrogen-bond donors (Lipinski definition) is 1. The first-order valence-corrected chi connectivity index (χ1v) is 3.12. The molecule has 0 saturated heterocycles. The van der Waals surface area contributed by atoms with Crippen LogP contribution in [0, 0.1) is 0 Å². The molecule has 0 saturated carbocycles. The van der Waals surface area contributed by atoms with Gasteiger partial charge in [0.05, 0.1) is 13.0 Å². The lowest BCUT2D eigenvalue weighted by Crippen LogP contribution is -2.03. The highest BCUT2D eigenvalue weighted by Crippen LogP contribution is 1.89. The van der Waals surface area contributed by atoms with Crippen LogP contribution in [0.1, 0.15) is 19.8 Å². The highest BCUT2D eigenvalue weighted by molar-refractivity contribution is 5.73. The summed E-state index contributed by atoms with van der Waals surface area (Å²) in [5.41, 5.74) is 0. The Morgan fingerprint density at radius 2 is 2.50 bits per heavy atom. The van der Waals surface area contributed by atoms with Crippen molar-refractivity contribution < 1.29 is 14.7 Å². The van der Waals surface area contributed by atoms with Crippen molar-refractivity contribution in [2.45, 2.75) is 19.8 Å². The van der Waals surface area contributed by atoms with Gasteiger partial charge in [-0.1, -0.05) is 0 Å². The molecule has 0 bridgehead atoms. The number of oxime groups is 1. The third kappa shape index (κ3) is 5.08. The minimum atomic E-state index is -0.262. The van der Waals surface area contributed by atoms with Crippen molar-refractivity contribution in [2.24, 2.45) is 5.16 Å². The number of esters is 1. The van der Waals surface area contributed by atoms with Crippen molar-refractivity contribution in [3.05, 3.63) is 0 Å². The van der Waals surface area contributed by atoms with Gasteiger partial charge in [0.15, 0.2) is 0 Å². The van der Waals surface area contributed by atoms with Crippen LogP contribution in [-0.2, 0) is 9.53 Å². The first kappa shape index (κ1) is 8.94. The quantitative estimate of drug-likeness (QED) is 0.275. The van der Waals surface area contributed by atoms with Crippen molar-refractivity contribution in [2.75, 3.05) is 6.61 Å². The summed E-state index contributed by atoms with van der Waals surface area (Å²) in [5, 5.41) is 10.7. The molecule has 0 radical (unpaired) electrons. The predicted octanol–water partition coefficient (Wildman–Crippen LogP) is 0.790. The number of nitrogens with zero attached hydrogens (tertiary/aromatic N) is 1. The average molecular weight is 145 g/mol. The van der Waals surface area contributed by atoms with Crippen LogP contribution in [0.15, 0.2) is 5.16 Å². The van der Waals surface area contributed by atoms with Gasteiger partial charge in [-0.15, -0.1) is 5.16 Å². The fraction of sp³-hybridized carbons (Fsp3) is 0.667. The number of hydrogen-bond acceptors (Lipinski definition) is 4. The Morgan fingerprint density at radius 3 is 3.00 bits per heavy atom. The molecule has 0 aromatic heterocycles. The smallest absolute Gasteiger partial charge is 0.306 e. The van der Waals surface area contributed by atoms with E-state index in [0.717, 1.165) is 0 Å². The van der Waals surface area contributed by atoms with Crippen molar-refractivity contribution in [3.8, 4) is 0 Å². The van der Waals surface area contributed by atoms with Gasteiger partial charge in [0.1, 0.15) is 0 Å². The molecule has 1 N–H and O–H groups in total. The summed E-state index contributed by atoms with van der Waals surface area (Å²) in [5.74, 6) is -0.262. The molecule has 0 atom stereocenters. The molecule has 0 heterocycles. The maximum Gasteiger partial charge on any atom is 0.306 e. The third-order valence-electron chi connectivity index (χ3n) is 0.865. The summed E-state index contributed by atoms with van der Waals surface area (Å²) in [7, 11) is 0. The van der Waals surface area contributed by atoms with E-state index in [0.29, 0.717) is 13.0 Å². The minimum absolute atomic E-state index is 0.262. The molecule has 10 heavy (non-hydrogen) atoms. The molecule has 58 valence electrons. The van der Waals surface area contributed by atoms with Gasteiger partial charge >= 0.3 is 5.97 Å². The van der Waals surface area contributed by atoms with Gasteiger partial charge in [0.25, 0.3) is 0 Å². The molecule has 0 fully saturated rings. The van der Waals surface area contributed by atoms with Crippen LogP contribution in [0.2, 0.25) is 0 Å². The lowest BCUT2D eigenvalue weighted by molar-refractivity contribution is -0.142. The van der Waals surface area contributed by atoms with E-state index in [-0.39, 0.29) is 12.4 Å². The number of rotatable bonds is 4. The average Bonchev–Trinajstić information content (AvgIpc) is 1.89. The zero-order valence-corrected chi connectivity index (χ0v) is 5.91. The standard InChI is InChI=1S/C6H11NO3/c1-2-10-6(8)4-3-5-7-9/h5,9H,2-4H2,1H3. The first-order valence-electron chi connectivity index (χ1n) is 3.12. The molecule has 0 rings (SSSR count). The van der Waals surface area contributed by atoms with E-state index in [9.17, 15) is 4.79 Å². The molecule has 0 aromatic carbocycles. The summed E-state index contributed by atoms with van der Waals surface area (Å²) < 4.78 is 4.61. The van der Waals surface area contributed by atoms with Crippen LogP contribution in [0.4, 0.5) is 0 Å². The third-order valence-corrected chi connectivity index (χ3v) is 0.865. The van der Waals surface area contributed by atoms with Crippen LogP contribution in [-0.4, -0.2) is 24.0 Å². The van der Waals surface area contributed by atoms with Crippen molar-refractivity contribution >= 4 is 12.2 Å². The first-order chi connectivity index (χ1) is 4.81. The van der Waals surface area contributed by atoms with Crippen LogP contribution < -0.4 is 0 Å². The number of ether oxygens (including phenoxy) is 1. The van der Waals surface area contributed by atoms with Crippen molar-refractivity contribution in [1.29, 1.82) is 0 Å². The minimum Gasteiger partial charge on any atom is -0.466 e. The largest absolute Gasteiger partial charge is 0.466 e. The zero-order chi connectivity index (χ0) is 7.82. The molecule has 0 aliphatic carbocycles. The molecule has 0 spiro atoms. The van der Waals surface area contributed by atoms with Gasteiger partial charge in [-0.05, 0) is 13.3 Å². The zero-order valence-electron chi connectivity index (χ0n) is 5.91. The summed E-state index contributed by atoms with van der Waals surface area (Å²) in [6.07, 6.45) is 1.96. The molecule has 0 amide bonds. The van der Waals surface area contributed by atoms with Crippen LogP contribution in [0.5, 0.6) is 0 Å². The number of carbonyl (C=O) groups is 1. The van der Waals surface area contributed by atoms with Crippen molar-refractivity contribution in [1.82, 2.24) is 0 Å². The second-order valence-electron chi connectivity index (χ2n) is 1.64. The second kappa shape index (κ2) is 6.07. The fourth-order valence-corrected chi connectivity index (χ4v) is 0.473. The van der Waals surface area contributed by atoms with Gasteiger partial charge in [-0.2, -0.15) is 0 Å². The Balaban J connectivity index is 3.21. The van der Waals surface area contributed by atoms with E-state index < -0.39 is 0 Å². The van der Waals surface area contributed by atoms with E-state index in [1.807, 2.05) is 0 Å². The number of carbonyl (C=O) groups excluding carboxylic acids is 1. The van der Waals surface area contributed by atoms with E-state index in [2.05, 4.69) is 9.89 Å². The molecule has 0 aromatic rings. The van der Waals surface area contributed by atoms with Crippen molar-refractivity contribution in [3.63, 3.8) is 0 Å². The molecule has 0 aliphatic rings. The summed E-state index contributed by atoms with van der Waals surface area (Å²) >= 11 is 0. The lowest BCUT2D eigenvalue weighted by atomic mass is 10.3. The maximum absolute atomic E-state index is 10.6. The van der Waals surface area contributed by atoms with Crippen LogP contribution in [0.3, 0.4) is 0 Å². The highest BCUT2D eigenvalue weighted by Gasteiger charge is 1.97. The lowest BCUT2D eigenvalue weighted by Gasteiger charge is -1.96. The molecular formula is C6H11NO3. The SMILES string of the molecule is CCOC(=O)CCC=NO. The van der Waals surface area contributed by atoms with Crippen LogP contribution in [0.25, 0.3) is 0 Å². The van der Waals surface area contributed by atoms with Gasteiger partial charge < -0.3 is 9.94 Å². The van der Waals surface area contributed by atoms with Gasteiger partial charge in [0.2, 0.25) is 0 Å². The molecule has 0 unspecified atom stereocenters. The summed E-state index contributed by atoms with van der Waals surface area (Å²) in [6.45, 7) is 2.15. The van der Waals surface area contributed by atoms with Gasteiger partial charge in [-0.25, -0.2) is 0 Å². The van der Waals surface area contributed by atoms with Gasteiger partial charge in [0, 0.05) is 6.21 Å². The van der Waals surface area contributed by atoms with Crippen LogP contribution >= 0.6 is 0 Å². The van der Waals surface area contributed by atoms with E-state index in [1.54, 1.807) is 6.92 Å². The fourth-order valence-electron chi connectivity index (χ4n) is 0.473. The molecule has 0 aliphatic heterocycles. The maximum atomic E-state index is 10.6. The second-order valence-corrected chi connectivity index (χ2v) is 1.64. The van der Waals surface area contributed by atoms with E-state index in [1.165, 1.54) is 6.21 Å². The Bertz CT molecular complexity index is 122. The summed E-state index contributed by atoms with van der Waals surface area (Å²) in [4.78, 5) is 10.6. The normalized spacial score (nSPS) is 10.1. The molecule has 4 heteroatoms. The molecule has 4 nitrogen and oxygen atoms in total. The van der Waals surface area contributed by atoms with Gasteiger partial charge in [-0.3, -0.25) is 4.79 Å². The Hall–Kier alpha value is -1.06.